The summed E-state index contributed by atoms with van der Waals surface area (Å²) in [4.78, 5) is 10.00. The number of hydrogen-bond acceptors (Lipinski definition) is 4. The van der Waals surface area contributed by atoms with Crippen molar-refractivity contribution in [2.45, 2.75) is 12.5 Å². The van der Waals surface area contributed by atoms with E-state index in [9.17, 15) is 10.1 Å². The molecule has 1 atom stereocenters. The summed E-state index contributed by atoms with van der Waals surface area (Å²) < 4.78 is 5.62. The molecule has 0 saturated carbocycles. The Kier molecular flexibility index (Phi) is 2.82. The molecule has 1 aliphatic heterocycles. The lowest BCUT2D eigenvalue weighted by Crippen LogP contribution is -2.19. The van der Waals surface area contributed by atoms with Crippen molar-refractivity contribution in [2.75, 3.05) is 13.1 Å². The van der Waals surface area contributed by atoms with Crippen molar-refractivity contribution < 1.29 is 9.66 Å². The van der Waals surface area contributed by atoms with Gasteiger partial charge in [-0.1, -0.05) is 0 Å². The molecule has 15 heavy (non-hydrogen) atoms. The molecule has 1 aliphatic rings. The number of benzene rings is 1. The van der Waals surface area contributed by atoms with E-state index in [-0.39, 0.29) is 11.8 Å². The summed E-state index contributed by atoms with van der Waals surface area (Å²) in [6, 6.07) is 6.18. The normalized spacial score (nSPS) is 20.1. The molecule has 1 aromatic rings. The fraction of sp³-hybridized carbons (Fsp3) is 0.400. The molecule has 0 bridgehead atoms. The van der Waals surface area contributed by atoms with Crippen molar-refractivity contribution in [3.05, 3.63) is 34.4 Å². The molecule has 1 heterocycles. The molecule has 2 rings (SSSR count). The van der Waals surface area contributed by atoms with Gasteiger partial charge in [-0.15, -0.1) is 0 Å². The quantitative estimate of drug-likeness (QED) is 0.601. The van der Waals surface area contributed by atoms with Crippen LogP contribution in [0.2, 0.25) is 0 Å². The van der Waals surface area contributed by atoms with Gasteiger partial charge in [-0.3, -0.25) is 10.1 Å². The number of nitrogens with zero attached hydrogens (tertiary/aromatic N) is 1. The van der Waals surface area contributed by atoms with Gasteiger partial charge in [-0.25, -0.2) is 0 Å². The summed E-state index contributed by atoms with van der Waals surface area (Å²) in [5.41, 5.74) is 0.0897. The van der Waals surface area contributed by atoms with Gasteiger partial charge in [0.25, 0.3) is 5.69 Å². The molecular formula is C10H12N2O3. The summed E-state index contributed by atoms with van der Waals surface area (Å²) in [5, 5.41) is 13.6. The Labute approximate surface area is 87.2 Å². The van der Waals surface area contributed by atoms with Crippen LogP contribution in [0.1, 0.15) is 6.42 Å². The van der Waals surface area contributed by atoms with Crippen LogP contribution in [0.5, 0.6) is 5.75 Å². The van der Waals surface area contributed by atoms with Crippen molar-refractivity contribution in [1.29, 1.82) is 0 Å². The molecular weight excluding hydrogens is 196 g/mol. The first-order chi connectivity index (χ1) is 7.25. The highest BCUT2D eigenvalue weighted by Crippen LogP contribution is 2.19. The molecule has 1 saturated heterocycles. The highest BCUT2D eigenvalue weighted by atomic mass is 16.6. The molecule has 0 radical (unpaired) electrons. The first-order valence-electron chi connectivity index (χ1n) is 4.87. The first kappa shape index (κ1) is 9.92. The zero-order valence-corrected chi connectivity index (χ0v) is 8.18. The van der Waals surface area contributed by atoms with E-state index in [0.717, 1.165) is 19.5 Å². The van der Waals surface area contributed by atoms with Gasteiger partial charge in [0.05, 0.1) is 4.92 Å². The van der Waals surface area contributed by atoms with E-state index >= 15 is 0 Å². The maximum absolute atomic E-state index is 10.4. The third kappa shape index (κ3) is 2.44. The Morgan fingerprint density at radius 2 is 2.13 bits per heavy atom. The van der Waals surface area contributed by atoms with Crippen molar-refractivity contribution in [3.8, 4) is 5.75 Å². The second-order valence-corrected chi connectivity index (χ2v) is 3.48. The minimum absolute atomic E-state index is 0.0897. The van der Waals surface area contributed by atoms with Gasteiger partial charge < -0.3 is 10.1 Å². The van der Waals surface area contributed by atoms with Gasteiger partial charge >= 0.3 is 0 Å². The largest absolute Gasteiger partial charge is 0.489 e. The Hall–Kier alpha value is -1.62. The van der Waals surface area contributed by atoms with Gasteiger partial charge in [0.15, 0.2) is 0 Å². The zero-order valence-electron chi connectivity index (χ0n) is 8.18. The van der Waals surface area contributed by atoms with Crippen LogP contribution in [0.3, 0.4) is 0 Å². The van der Waals surface area contributed by atoms with Crippen molar-refractivity contribution >= 4 is 5.69 Å². The van der Waals surface area contributed by atoms with E-state index in [0.29, 0.717) is 5.75 Å². The summed E-state index contributed by atoms with van der Waals surface area (Å²) in [6.45, 7) is 1.81. The number of nitrogens with one attached hydrogen (secondary N) is 1. The standard InChI is InChI=1S/C10H12N2O3/c13-12(14)8-1-3-9(4-2-8)15-10-5-6-11-7-10/h1-4,10-11H,5-7H2/t10-/m0/s1. The van der Waals surface area contributed by atoms with E-state index in [1.54, 1.807) is 12.1 Å². The monoisotopic (exact) mass is 208 g/mol. The predicted molar refractivity (Wildman–Crippen MR) is 55.0 cm³/mol. The number of ether oxygens (including phenoxy) is 1. The van der Waals surface area contributed by atoms with E-state index in [4.69, 9.17) is 4.74 Å². The minimum atomic E-state index is -0.416. The third-order valence-electron chi connectivity index (χ3n) is 2.37. The smallest absolute Gasteiger partial charge is 0.269 e. The number of rotatable bonds is 3. The fourth-order valence-corrected chi connectivity index (χ4v) is 1.57. The molecule has 0 amide bonds. The second-order valence-electron chi connectivity index (χ2n) is 3.48. The highest BCUT2D eigenvalue weighted by molar-refractivity contribution is 5.36. The lowest BCUT2D eigenvalue weighted by molar-refractivity contribution is -0.384. The summed E-state index contributed by atoms with van der Waals surface area (Å²) in [6.07, 6.45) is 1.17. The molecule has 0 unspecified atom stereocenters. The number of non-ortho nitro benzene ring substituents is 1. The van der Waals surface area contributed by atoms with Crippen LogP contribution in [-0.4, -0.2) is 24.1 Å². The van der Waals surface area contributed by atoms with Crippen molar-refractivity contribution in [1.82, 2.24) is 5.32 Å². The van der Waals surface area contributed by atoms with Crippen LogP contribution >= 0.6 is 0 Å². The van der Waals surface area contributed by atoms with Crippen LogP contribution in [0.4, 0.5) is 5.69 Å². The van der Waals surface area contributed by atoms with Crippen LogP contribution in [-0.2, 0) is 0 Å². The number of hydrogen-bond donors (Lipinski definition) is 1. The van der Waals surface area contributed by atoms with E-state index in [1.165, 1.54) is 12.1 Å². The van der Waals surface area contributed by atoms with Crippen LogP contribution in [0, 0.1) is 10.1 Å². The van der Waals surface area contributed by atoms with Crippen LogP contribution in [0.15, 0.2) is 24.3 Å². The van der Waals surface area contributed by atoms with Gasteiger partial charge in [-0.05, 0) is 25.1 Å². The average molecular weight is 208 g/mol. The lowest BCUT2D eigenvalue weighted by atomic mass is 10.3. The second kappa shape index (κ2) is 4.27. The zero-order chi connectivity index (χ0) is 10.7. The topological polar surface area (TPSA) is 64.4 Å². The molecule has 0 aliphatic carbocycles. The van der Waals surface area contributed by atoms with E-state index < -0.39 is 4.92 Å². The molecule has 0 spiro atoms. The third-order valence-corrected chi connectivity index (χ3v) is 2.37. The highest BCUT2D eigenvalue weighted by Gasteiger charge is 2.16. The van der Waals surface area contributed by atoms with Crippen LogP contribution < -0.4 is 10.1 Å². The molecule has 1 aromatic carbocycles. The molecule has 0 aromatic heterocycles. The number of nitro benzene ring substituents is 1. The Balaban J connectivity index is 2.00. The fourth-order valence-electron chi connectivity index (χ4n) is 1.57. The predicted octanol–water partition coefficient (Wildman–Crippen LogP) is 1.34. The SMILES string of the molecule is O=[N+]([O-])c1ccc(O[C@H]2CCNC2)cc1. The number of nitro groups is 1. The van der Waals surface area contributed by atoms with Gasteiger partial charge in [0.2, 0.25) is 0 Å². The van der Waals surface area contributed by atoms with E-state index in [2.05, 4.69) is 5.32 Å². The summed E-state index contributed by atoms with van der Waals surface area (Å²) in [5.74, 6) is 0.689. The molecule has 1 N–H and O–H groups in total. The Bertz CT molecular complexity index is 344. The van der Waals surface area contributed by atoms with Gasteiger partial charge in [0.1, 0.15) is 11.9 Å². The first-order valence-corrected chi connectivity index (χ1v) is 4.87. The molecule has 80 valence electrons. The molecule has 1 fully saturated rings. The van der Waals surface area contributed by atoms with Gasteiger partial charge in [0, 0.05) is 18.7 Å². The molecule has 5 nitrogen and oxygen atoms in total. The Morgan fingerprint density at radius 3 is 2.67 bits per heavy atom. The van der Waals surface area contributed by atoms with Gasteiger partial charge in [-0.2, -0.15) is 0 Å². The lowest BCUT2D eigenvalue weighted by Gasteiger charge is -2.11. The van der Waals surface area contributed by atoms with Crippen molar-refractivity contribution in [2.24, 2.45) is 0 Å². The maximum atomic E-state index is 10.4. The summed E-state index contributed by atoms with van der Waals surface area (Å²) >= 11 is 0. The Morgan fingerprint density at radius 1 is 1.40 bits per heavy atom. The summed E-state index contributed by atoms with van der Waals surface area (Å²) in [7, 11) is 0. The van der Waals surface area contributed by atoms with E-state index in [1.807, 2.05) is 0 Å². The van der Waals surface area contributed by atoms with Crippen LogP contribution in [0.25, 0.3) is 0 Å². The van der Waals surface area contributed by atoms with Crippen molar-refractivity contribution in [3.63, 3.8) is 0 Å². The maximum Gasteiger partial charge on any atom is 0.269 e. The average Bonchev–Trinajstić information content (AvgIpc) is 2.71. The minimum Gasteiger partial charge on any atom is -0.489 e. The molecule has 5 heteroatoms.